The lowest BCUT2D eigenvalue weighted by atomic mass is 9.90. The second kappa shape index (κ2) is 37.4. The van der Waals surface area contributed by atoms with Crippen molar-refractivity contribution < 1.29 is 148 Å². The minimum absolute atomic E-state index is 0. The maximum absolute atomic E-state index is 6.30. The third-order valence-electron chi connectivity index (χ3n) is 19.8. The van der Waals surface area contributed by atoms with Gasteiger partial charge in [-0.15, -0.1) is 0 Å². The first kappa shape index (κ1) is 79.0. The Labute approximate surface area is 653 Å². The van der Waals surface area contributed by atoms with Crippen LogP contribution in [0.5, 0.6) is 69.0 Å². The van der Waals surface area contributed by atoms with Crippen molar-refractivity contribution in [2.75, 3.05) is 199 Å². The molecular formula is C82H98O31. The van der Waals surface area contributed by atoms with Crippen LogP contribution in [0.15, 0.2) is 72.8 Å². The zero-order valence-electron chi connectivity index (χ0n) is 63.8. The van der Waals surface area contributed by atoms with Crippen LogP contribution in [0.25, 0.3) is 44.5 Å². The second-order valence-corrected chi connectivity index (χ2v) is 29.2. The topological polar surface area (TPSA) is 348 Å². The van der Waals surface area contributed by atoms with Crippen LogP contribution in [0, 0.1) is 27.7 Å². The van der Waals surface area contributed by atoms with Crippen molar-refractivity contribution in [3.8, 4) is 114 Å². The van der Waals surface area contributed by atoms with Gasteiger partial charge in [0.15, 0.2) is 86.8 Å². The molecule has 12 aliphatic rings. The predicted octanol–water partition coefficient (Wildman–Crippen LogP) is 7.63. The summed E-state index contributed by atoms with van der Waals surface area (Å²) in [6.45, 7) is 21.5. The van der Waals surface area contributed by atoms with Crippen molar-refractivity contribution in [2.24, 2.45) is 0 Å². The first-order valence-corrected chi connectivity index (χ1v) is 38.4. The molecule has 0 spiro atoms. The zero-order chi connectivity index (χ0) is 75.7. The van der Waals surface area contributed by atoms with Crippen LogP contribution < -0.4 is 56.8 Å². The average molecular weight is 1580 g/mol. The van der Waals surface area contributed by atoms with E-state index in [1.54, 1.807) is 0 Å². The van der Waals surface area contributed by atoms with E-state index in [-0.39, 0.29) is 119 Å². The molecule has 0 aliphatic carbocycles. The molecule has 0 aromatic heterocycles. The number of rotatable bonds is 52. The molecule has 12 unspecified atom stereocenters. The summed E-state index contributed by atoms with van der Waals surface area (Å²) in [4.78, 5) is 0. The Balaban J connectivity index is 0.000000173. The lowest BCUT2D eigenvalue weighted by Crippen LogP contribution is -2.13. The molecular weight excluding hydrogens is 1480 g/mol. The monoisotopic (exact) mass is 1580 g/mol. The fourth-order valence-corrected chi connectivity index (χ4v) is 12.0. The van der Waals surface area contributed by atoms with Crippen molar-refractivity contribution in [2.45, 2.75) is 101 Å². The Kier molecular flexibility index (Phi) is 26.2. The average Bonchev–Trinajstić information content (AvgIpc) is 1.34. The molecule has 12 atom stereocenters. The molecule has 612 valence electrons. The maximum Gasteiger partial charge on any atom is 0.206 e. The van der Waals surface area contributed by atoms with Crippen molar-refractivity contribution in [1.29, 1.82) is 0 Å². The zero-order valence-corrected chi connectivity index (χ0v) is 63.8. The van der Waals surface area contributed by atoms with Crippen molar-refractivity contribution in [3.63, 3.8) is 0 Å². The Bertz CT molecular complexity index is 3730. The van der Waals surface area contributed by atoms with Gasteiger partial charge >= 0.3 is 0 Å². The van der Waals surface area contributed by atoms with Crippen LogP contribution in [-0.4, -0.2) is 278 Å². The van der Waals surface area contributed by atoms with E-state index in [0.29, 0.717) is 228 Å². The number of epoxide rings is 12. The van der Waals surface area contributed by atoms with E-state index in [1.807, 2.05) is 48.5 Å². The van der Waals surface area contributed by atoms with E-state index in [0.717, 1.165) is 66.8 Å². The lowest BCUT2D eigenvalue weighted by Gasteiger charge is -2.21. The van der Waals surface area contributed by atoms with Gasteiger partial charge in [-0.25, -0.2) is 0 Å². The summed E-state index contributed by atoms with van der Waals surface area (Å²) in [7, 11) is 0. The van der Waals surface area contributed by atoms with Crippen LogP contribution in [0.3, 0.4) is 0 Å². The smallest absolute Gasteiger partial charge is 0.206 e. The highest BCUT2D eigenvalue weighted by Gasteiger charge is 2.35. The third kappa shape index (κ3) is 23.7. The number of ether oxygens (including phenoxy) is 30. The van der Waals surface area contributed by atoms with Gasteiger partial charge in [0, 0.05) is 0 Å². The molecule has 0 bridgehead atoms. The van der Waals surface area contributed by atoms with E-state index in [2.05, 4.69) is 52.0 Å². The largest absolute Gasteiger partial charge is 0.487 e. The summed E-state index contributed by atoms with van der Waals surface area (Å²) >= 11 is 0. The highest BCUT2D eigenvalue weighted by atomic mass is 16.7. The second-order valence-electron chi connectivity index (χ2n) is 29.2. The minimum atomic E-state index is -0.0435. The molecule has 31 heteroatoms. The molecule has 12 fully saturated rings. The van der Waals surface area contributed by atoms with Crippen LogP contribution >= 0.6 is 0 Å². The van der Waals surface area contributed by atoms with E-state index in [9.17, 15) is 0 Å². The molecule has 12 aliphatic heterocycles. The van der Waals surface area contributed by atoms with Gasteiger partial charge in [0.1, 0.15) is 113 Å². The molecule has 18 rings (SSSR count). The highest BCUT2D eigenvalue weighted by Crippen LogP contribution is 2.50. The Hall–Kier alpha value is -7.84. The molecule has 0 amide bonds. The van der Waals surface area contributed by atoms with Crippen LogP contribution in [-0.2, 0) is 85.3 Å². The van der Waals surface area contributed by atoms with Crippen molar-refractivity contribution in [3.05, 3.63) is 95.1 Å². The summed E-state index contributed by atoms with van der Waals surface area (Å²) in [6.07, 6.45) is 0.985. The Morgan fingerprint density at radius 2 is 0.363 bits per heavy atom. The normalized spacial score (nSPS) is 24.7. The highest BCUT2D eigenvalue weighted by molar-refractivity contribution is 5.83. The van der Waals surface area contributed by atoms with Gasteiger partial charge in [0.25, 0.3) is 0 Å². The molecule has 2 N–H and O–H groups in total. The fourth-order valence-electron chi connectivity index (χ4n) is 12.0. The summed E-state index contributed by atoms with van der Waals surface area (Å²) in [5, 5.41) is 0. The standard InChI is InChI=1S/C44H54O18.C38H42O12.H2O/c1-27-28(2)38(30-7-41(59-23-47-11-33-17-53-33)44(62-26-50-14-36-20-56-36)42(8-30)60-24-48-12-34-18-54-34)4-3-37(27)29-5-39(57-21-45-9-31-15-51-31)43(61-25-49-13-35-19-55-35)40(6-29)58-22-46-10-32-16-52-32;1-21-22(2)32(24-7-35(47-17-27-11-41-27)38(50-20-30-14-44-30)36(8-24)48-18-28-12-42-28)4-3-31(21)23-5-33(45-15-25-9-39-25)37(49-19-29-13-43-29)34(6-23)46-16-26-10-40-26;/h3-8,31-36H,9-26H2,1-2H3;3-8,25-30H,9-20H2,1-2H3;1H2. The minimum Gasteiger partial charge on any atom is -0.487 e. The molecule has 6 aromatic carbocycles. The Morgan fingerprint density at radius 1 is 0.212 bits per heavy atom. The van der Waals surface area contributed by atoms with Crippen LogP contribution in [0.4, 0.5) is 0 Å². The summed E-state index contributed by atoms with van der Waals surface area (Å²) < 4.78 is 174. The number of hydrogen-bond acceptors (Lipinski definition) is 30. The fraction of sp³-hybridized carbons (Fsp3) is 0.561. The van der Waals surface area contributed by atoms with Gasteiger partial charge in [0.05, 0.1) is 119 Å². The van der Waals surface area contributed by atoms with Gasteiger partial charge in [-0.3, -0.25) is 0 Å². The molecule has 0 radical (unpaired) electrons. The van der Waals surface area contributed by atoms with E-state index >= 15 is 0 Å². The first-order valence-electron chi connectivity index (χ1n) is 38.4. The predicted molar refractivity (Wildman–Crippen MR) is 396 cm³/mol. The van der Waals surface area contributed by atoms with Gasteiger partial charge in [-0.1, -0.05) is 24.3 Å². The molecule has 0 saturated carbocycles. The number of benzene rings is 6. The van der Waals surface area contributed by atoms with Crippen LogP contribution in [0.1, 0.15) is 22.3 Å². The maximum atomic E-state index is 6.30. The summed E-state index contributed by atoms with van der Waals surface area (Å²) in [5.41, 5.74) is 11.8. The summed E-state index contributed by atoms with van der Waals surface area (Å²) in [6, 6.07) is 24.1. The molecule has 113 heavy (non-hydrogen) atoms. The van der Waals surface area contributed by atoms with Gasteiger partial charge in [-0.2, -0.15) is 0 Å². The first-order chi connectivity index (χ1) is 55.1. The van der Waals surface area contributed by atoms with Gasteiger partial charge < -0.3 is 148 Å². The number of hydrogen-bond donors (Lipinski definition) is 0. The molecule has 12 heterocycles. The quantitative estimate of drug-likeness (QED) is 0.0201. The van der Waals surface area contributed by atoms with Crippen molar-refractivity contribution in [1.82, 2.24) is 0 Å². The van der Waals surface area contributed by atoms with Gasteiger partial charge in [0.2, 0.25) is 23.0 Å². The van der Waals surface area contributed by atoms with Gasteiger partial charge in [-0.05, 0) is 143 Å². The van der Waals surface area contributed by atoms with E-state index in [1.165, 1.54) is 0 Å². The molecule has 6 aromatic rings. The molecule has 12 saturated heterocycles. The van der Waals surface area contributed by atoms with E-state index < -0.39 is 0 Å². The lowest BCUT2D eigenvalue weighted by molar-refractivity contribution is -0.0147. The SMILES string of the molecule is Cc1c(-c2cc(OCC3CO3)c(OCC3CO3)c(OCC3CO3)c2)ccc(-c2cc(OCC3CO3)c(OCC3CO3)c(OCC3CO3)c2)c1C.Cc1c(-c2cc(OCOCC3CO3)c(OCOCC3CO3)c(OCOCC3CO3)c2)ccc(-c2cc(OCOCC3CO3)c(OCOCC3CO3)c(OCOCC3CO3)c2)c1C.O. The third-order valence-corrected chi connectivity index (χ3v) is 19.8. The molecule has 31 nitrogen and oxygen atoms in total. The summed E-state index contributed by atoms with van der Waals surface area (Å²) in [5.74, 6) is 5.93. The Morgan fingerprint density at radius 3 is 0.549 bits per heavy atom. The van der Waals surface area contributed by atoms with E-state index in [4.69, 9.17) is 142 Å². The van der Waals surface area contributed by atoms with Crippen molar-refractivity contribution >= 4 is 0 Å². The van der Waals surface area contributed by atoms with Crippen LogP contribution in [0.2, 0.25) is 0 Å².